The fourth-order valence-electron chi connectivity index (χ4n) is 4.16. The molecular formula is C23H27NO3. The van der Waals surface area contributed by atoms with E-state index in [9.17, 15) is 0 Å². The summed E-state index contributed by atoms with van der Waals surface area (Å²) in [5.41, 5.74) is 1.36. The SMILES string of the molecule is COc1ccc2c(CN3CCCCC3)cc3cc(OC)c(OC)cc3c2c1. The summed E-state index contributed by atoms with van der Waals surface area (Å²) in [7, 11) is 5.07. The van der Waals surface area contributed by atoms with Gasteiger partial charge in [0.25, 0.3) is 0 Å². The lowest BCUT2D eigenvalue weighted by molar-refractivity contribution is 0.221. The van der Waals surface area contributed by atoms with Crippen molar-refractivity contribution in [2.24, 2.45) is 0 Å². The molecule has 1 aliphatic heterocycles. The third-order valence-corrected chi connectivity index (χ3v) is 5.59. The van der Waals surface area contributed by atoms with Crippen LogP contribution < -0.4 is 14.2 Å². The molecule has 0 N–H and O–H groups in total. The molecule has 0 radical (unpaired) electrons. The Morgan fingerprint density at radius 3 is 2.19 bits per heavy atom. The lowest BCUT2D eigenvalue weighted by Gasteiger charge is -2.27. The van der Waals surface area contributed by atoms with E-state index in [4.69, 9.17) is 14.2 Å². The van der Waals surface area contributed by atoms with E-state index >= 15 is 0 Å². The van der Waals surface area contributed by atoms with Gasteiger partial charge in [0, 0.05) is 6.54 Å². The van der Waals surface area contributed by atoms with Gasteiger partial charge in [-0.15, -0.1) is 0 Å². The Balaban J connectivity index is 1.92. The van der Waals surface area contributed by atoms with E-state index in [1.807, 2.05) is 0 Å². The lowest BCUT2D eigenvalue weighted by Crippen LogP contribution is -2.29. The van der Waals surface area contributed by atoms with Crippen LogP contribution in [0.3, 0.4) is 0 Å². The second-order valence-electron chi connectivity index (χ2n) is 7.21. The first-order valence-corrected chi connectivity index (χ1v) is 9.61. The molecule has 0 atom stereocenters. The first kappa shape index (κ1) is 17.9. The van der Waals surface area contributed by atoms with E-state index in [-0.39, 0.29) is 0 Å². The van der Waals surface area contributed by atoms with Crippen molar-refractivity contribution in [3.63, 3.8) is 0 Å². The molecule has 0 bridgehead atoms. The summed E-state index contributed by atoms with van der Waals surface area (Å²) in [4.78, 5) is 2.56. The number of hydrogen-bond donors (Lipinski definition) is 0. The van der Waals surface area contributed by atoms with E-state index in [1.54, 1.807) is 21.3 Å². The number of piperidine rings is 1. The number of hydrogen-bond acceptors (Lipinski definition) is 4. The van der Waals surface area contributed by atoms with Gasteiger partial charge < -0.3 is 14.2 Å². The Kier molecular flexibility index (Phi) is 5.08. The molecule has 142 valence electrons. The number of benzene rings is 3. The fourth-order valence-corrected chi connectivity index (χ4v) is 4.16. The molecule has 27 heavy (non-hydrogen) atoms. The second kappa shape index (κ2) is 7.65. The predicted octanol–water partition coefficient (Wildman–Crippen LogP) is 5.00. The number of rotatable bonds is 5. The van der Waals surface area contributed by atoms with Crippen LogP contribution in [0.25, 0.3) is 21.5 Å². The highest BCUT2D eigenvalue weighted by Crippen LogP contribution is 2.38. The van der Waals surface area contributed by atoms with Crippen molar-refractivity contribution in [1.82, 2.24) is 4.90 Å². The maximum Gasteiger partial charge on any atom is 0.161 e. The monoisotopic (exact) mass is 365 g/mol. The summed E-state index contributed by atoms with van der Waals surface area (Å²) in [6, 6.07) is 12.8. The molecule has 4 rings (SSSR count). The molecule has 1 saturated heterocycles. The van der Waals surface area contributed by atoms with E-state index in [0.717, 1.165) is 29.2 Å². The van der Waals surface area contributed by atoms with Crippen molar-refractivity contribution in [3.05, 3.63) is 42.0 Å². The molecule has 0 aromatic heterocycles. The molecule has 3 aromatic carbocycles. The van der Waals surface area contributed by atoms with E-state index in [0.29, 0.717) is 0 Å². The number of ether oxygens (including phenoxy) is 3. The van der Waals surface area contributed by atoms with Crippen LogP contribution in [0.4, 0.5) is 0 Å². The highest BCUT2D eigenvalue weighted by molar-refractivity contribution is 6.10. The maximum atomic E-state index is 5.54. The quantitative estimate of drug-likeness (QED) is 0.595. The summed E-state index contributed by atoms with van der Waals surface area (Å²) >= 11 is 0. The van der Waals surface area contributed by atoms with Gasteiger partial charge in [-0.3, -0.25) is 4.90 Å². The Morgan fingerprint density at radius 2 is 1.48 bits per heavy atom. The highest BCUT2D eigenvalue weighted by atomic mass is 16.5. The highest BCUT2D eigenvalue weighted by Gasteiger charge is 2.16. The van der Waals surface area contributed by atoms with Crippen LogP contribution in [0, 0.1) is 0 Å². The lowest BCUT2D eigenvalue weighted by atomic mass is 9.95. The van der Waals surface area contributed by atoms with E-state index in [1.165, 1.54) is 54.1 Å². The van der Waals surface area contributed by atoms with Crippen molar-refractivity contribution in [3.8, 4) is 17.2 Å². The average Bonchev–Trinajstić information content (AvgIpc) is 2.73. The van der Waals surface area contributed by atoms with Crippen molar-refractivity contribution in [2.45, 2.75) is 25.8 Å². The van der Waals surface area contributed by atoms with Gasteiger partial charge in [0.15, 0.2) is 11.5 Å². The van der Waals surface area contributed by atoms with Gasteiger partial charge in [0.1, 0.15) is 5.75 Å². The van der Waals surface area contributed by atoms with Crippen molar-refractivity contribution < 1.29 is 14.2 Å². The van der Waals surface area contributed by atoms with Gasteiger partial charge in [-0.1, -0.05) is 12.5 Å². The molecule has 0 amide bonds. The van der Waals surface area contributed by atoms with Crippen LogP contribution >= 0.6 is 0 Å². The Hall–Kier alpha value is -2.46. The molecule has 0 unspecified atom stereocenters. The zero-order valence-electron chi connectivity index (χ0n) is 16.4. The smallest absolute Gasteiger partial charge is 0.161 e. The van der Waals surface area contributed by atoms with Crippen LogP contribution in [0.2, 0.25) is 0 Å². The summed E-state index contributed by atoms with van der Waals surface area (Å²) in [5, 5.41) is 4.80. The Morgan fingerprint density at radius 1 is 0.741 bits per heavy atom. The van der Waals surface area contributed by atoms with Crippen LogP contribution in [-0.4, -0.2) is 39.3 Å². The third-order valence-electron chi connectivity index (χ3n) is 5.59. The van der Waals surface area contributed by atoms with Gasteiger partial charge in [-0.2, -0.15) is 0 Å². The predicted molar refractivity (Wildman–Crippen MR) is 110 cm³/mol. The first-order chi connectivity index (χ1) is 13.2. The zero-order valence-corrected chi connectivity index (χ0v) is 16.4. The Labute approximate surface area is 160 Å². The average molecular weight is 365 g/mol. The van der Waals surface area contributed by atoms with Gasteiger partial charge in [0.05, 0.1) is 21.3 Å². The van der Waals surface area contributed by atoms with Gasteiger partial charge in [-0.25, -0.2) is 0 Å². The molecule has 1 fully saturated rings. The fraction of sp³-hybridized carbons (Fsp3) is 0.391. The summed E-state index contributed by atoms with van der Waals surface area (Å²) in [6.07, 6.45) is 3.94. The van der Waals surface area contributed by atoms with Gasteiger partial charge >= 0.3 is 0 Å². The van der Waals surface area contributed by atoms with Crippen LogP contribution in [0.5, 0.6) is 17.2 Å². The van der Waals surface area contributed by atoms with Gasteiger partial charge in [0.2, 0.25) is 0 Å². The van der Waals surface area contributed by atoms with E-state index in [2.05, 4.69) is 41.3 Å². The number of methoxy groups -OCH3 is 3. The summed E-state index contributed by atoms with van der Waals surface area (Å²) in [6.45, 7) is 3.34. The maximum absolute atomic E-state index is 5.54. The zero-order chi connectivity index (χ0) is 18.8. The van der Waals surface area contributed by atoms with Crippen LogP contribution in [0.1, 0.15) is 24.8 Å². The molecular weight excluding hydrogens is 338 g/mol. The largest absolute Gasteiger partial charge is 0.497 e. The van der Waals surface area contributed by atoms with Crippen molar-refractivity contribution >= 4 is 21.5 Å². The molecule has 3 aromatic rings. The summed E-state index contributed by atoms with van der Waals surface area (Å²) < 4.78 is 16.6. The molecule has 4 heteroatoms. The molecule has 0 saturated carbocycles. The minimum atomic E-state index is 0.748. The molecule has 0 aliphatic carbocycles. The molecule has 1 heterocycles. The van der Waals surface area contributed by atoms with Crippen molar-refractivity contribution in [1.29, 1.82) is 0 Å². The minimum absolute atomic E-state index is 0.748. The first-order valence-electron chi connectivity index (χ1n) is 9.61. The third kappa shape index (κ3) is 3.42. The number of nitrogens with zero attached hydrogens (tertiary/aromatic N) is 1. The Bertz CT molecular complexity index is 961. The molecule has 0 spiro atoms. The number of fused-ring (bicyclic) bond motifs is 3. The second-order valence-corrected chi connectivity index (χ2v) is 7.21. The summed E-state index contributed by atoms with van der Waals surface area (Å²) in [5.74, 6) is 2.38. The van der Waals surface area contributed by atoms with Crippen molar-refractivity contribution in [2.75, 3.05) is 34.4 Å². The molecule has 1 aliphatic rings. The number of likely N-dealkylation sites (tertiary alicyclic amines) is 1. The minimum Gasteiger partial charge on any atom is -0.497 e. The van der Waals surface area contributed by atoms with E-state index < -0.39 is 0 Å². The molecule has 4 nitrogen and oxygen atoms in total. The van der Waals surface area contributed by atoms with Crippen LogP contribution in [-0.2, 0) is 6.54 Å². The van der Waals surface area contributed by atoms with Crippen LogP contribution in [0.15, 0.2) is 36.4 Å². The normalized spacial score (nSPS) is 15.2. The standard InChI is InChI=1S/C23H27NO3/c1-25-18-7-8-19-17(15-24-9-5-4-6-10-24)11-16-12-22(26-2)23(27-3)14-20(16)21(19)13-18/h7-8,11-14H,4-6,9-10,15H2,1-3H3. The van der Waals surface area contributed by atoms with Gasteiger partial charge in [-0.05, 0) is 83.4 Å². The topological polar surface area (TPSA) is 30.9 Å².